The molecule has 0 unspecified atom stereocenters. The molecule has 4 rings (SSSR count). The number of rotatable bonds is 9. The first-order chi connectivity index (χ1) is 15.1. The van der Waals surface area contributed by atoms with Gasteiger partial charge in [-0.25, -0.2) is 9.37 Å². The van der Waals surface area contributed by atoms with Gasteiger partial charge in [0.25, 0.3) is 5.91 Å². The number of aromatic nitrogens is 2. The van der Waals surface area contributed by atoms with Gasteiger partial charge in [-0.05, 0) is 37.6 Å². The molecule has 4 aromatic rings. The summed E-state index contributed by atoms with van der Waals surface area (Å²) >= 11 is 1.25. The molecule has 2 aromatic carbocycles. The quantitative estimate of drug-likeness (QED) is 0.362. The zero-order valence-corrected chi connectivity index (χ0v) is 18.3. The molecular formula is C23H24FN3O3S. The SMILES string of the molecule is CCOCCCn1c(NC(=O)c2sc3cccc(F)c3c2COC)nc2ccccc21. The van der Waals surface area contributed by atoms with Crippen LogP contribution in [-0.2, 0) is 22.6 Å². The van der Waals surface area contributed by atoms with Crippen molar-refractivity contribution in [3.05, 3.63) is 58.7 Å². The number of ether oxygens (including phenoxy) is 2. The molecule has 2 heterocycles. The number of benzene rings is 2. The zero-order valence-electron chi connectivity index (χ0n) is 17.5. The third kappa shape index (κ3) is 4.32. The lowest BCUT2D eigenvalue weighted by Crippen LogP contribution is -2.17. The van der Waals surface area contributed by atoms with Crippen molar-refractivity contribution in [2.75, 3.05) is 25.6 Å². The first-order valence-electron chi connectivity index (χ1n) is 10.2. The van der Waals surface area contributed by atoms with Gasteiger partial charge in [-0.1, -0.05) is 18.2 Å². The van der Waals surface area contributed by atoms with E-state index < -0.39 is 0 Å². The van der Waals surface area contributed by atoms with E-state index in [4.69, 9.17) is 9.47 Å². The second-order valence-electron chi connectivity index (χ2n) is 7.04. The van der Waals surface area contributed by atoms with Crippen LogP contribution in [0.4, 0.5) is 10.3 Å². The van der Waals surface area contributed by atoms with E-state index in [9.17, 15) is 9.18 Å². The van der Waals surface area contributed by atoms with Crippen molar-refractivity contribution in [1.82, 2.24) is 9.55 Å². The largest absolute Gasteiger partial charge is 0.382 e. The molecule has 162 valence electrons. The number of carbonyl (C=O) groups is 1. The van der Waals surface area contributed by atoms with E-state index in [2.05, 4.69) is 10.3 Å². The average Bonchev–Trinajstić information content (AvgIpc) is 3.31. The van der Waals surface area contributed by atoms with E-state index >= 15 is 0 Å². The predicted octanol–water partition coefficient (Wildman–Crippen LogP) is 5.22. The smallest absolute Gasteiger partial charge is 0.268 e. The number of nitrogens with zero attached hydrogens (tertiary/aromatic N) is 2. The van der Waals surface area contributed by atoms with Gasteiger partial charge >= 0.3 is 0 Å². The van der Waals surface area contributed by atoms with Gasteiger partial charge in [0.15, 0.2) is 0 Å². The van der Waals surface area contributed by atoms with E-state index in [-0.39, 0.29) is 18.3 Å². The van der Waals surface area contributed by atoms with Gasteiger partial charge in [-0.3, -0.25) is 10.1 Å². The number of anilines is 1. The van der Waals surface area contributed by atoms with Crippen molar-refractivity contribution < 1.29 is 18.7 Å². The van der Waals surface area contributed by atoms with Crippen LogP contribution in [0.5, 0.6) is 0 Å². The number of aryl methyl sites for hydroxylation is 1. The highest BCUT2D eigenvalue weighted by atomic mass is 32.1. The Morgan fingerprint density at radius 2 is 2.06 bits per heavy atom. The van der Waals surface area contributed by atoms with E-state index in [1.54, 1.807) is 6.07 Å². The molecule has 0 saturated carbocycles. The van der Waals surface area contributed by atoms with Crippen molar-refractivity contribution in [1.29, 1.82) is 0 Å². The van der Waals surface area contributed by atoms with Gasteiger partial charge in [0.05, 0.1) is 22.5 Å². The van der Waals surface area contributed by atoms with E-state index in [0.29, 0.717) is 46.2 Å². The number of halogens is 1. The lowest BCUT2D eigenvalue weighted by atomic mass is 10.1. The van der Waals surface area contributed by atoms with Crippen molar-refractivity contribution in [2.24, 2.45) is 0 Å². The summed E-state index contributed by atoms with van der Waals surface area (Å²) in [5.74, 6) is -0.221. The van der Waals surface area contributed by atoms with Crippen molar-refractivity contribution >= 4 is 44.3 Å². The predicted molar refractivity (Wildman–Crippen MR) is 121 cm³/mol. The van der Waals surface area contributed by atoms with Gasteiger partial charge < -0.3 is 14.0 Å². The maximum Gasteiger partial charge on any atom is 0.268 e. The minimum Gasteiger partial charge on any atom is -0.382 e. The molecule has 1 N–H and O–H groups in total. The first kappa shape index (κ1) is 21.4. The highest BCUT2D eigenvalue weighted by molar-refractivity contribution is 7.21. The standard InChI is InChI=1S/C23H24FN3O3S/c1-3-30-13-7-12-27-18-10-5-4-9-17(18)25-23(27)26-22(28)21-15(14-29-2)20-16(24)8-6-11-19(20)31-21/h4-6,8-11H,3,7,12-14H2,1-2H3,(H,25,26,28). The molecule has 0 radical (unpaired) electrons. The Morgan fingerprint density at radius 1 is 1.23 bits per heavy atom. The normalized spacial score (nSPS) is 11.5. The molecule has 0 spiro atoms. The Kier molecular flexibility index (Phi) is 6.60. The maximum atomic E-state index is 14.5. The number of methoxy groups -OCH3 is 1. The Hall–Kier alpha value is -2.81. The summed E-state index contributed by atoms with van der Waals surface area (Å²) < 4.78 is 27.9. The maximum absolute atomic E-state index is 14.5. The summed E-state index contributed by atoms with van der Waals surface area (Å²) in [6.45, 7) is 4.06. The van der Waals surface area contributed by atoms with E-state index in [1.165, 1.54) is 24.5 Å². The number of nitrogens with one attached hydrogen (secondary N) is 1. The Balaban J connectivity index is 1.69. The number of fused-ring (bicyclic) bond motifs is 2. The number of amides is 1. The van der Waals surface area contributed by atoms with Gasteiger partial charge in [0.1, 0.15) is 5.82 Å². The molecule has 2 aromatic heterocycles. The van der Waals surface area contributed by atoms with Crippen LogP contribution in [0.25, 0.3) is 21.1 Å². The van der Waals surface area contributed by atoms with E-state index in [1.807, 2.05) is 41.8 Å². The minimum atomic E-state index is -0.358. The van der Waals surface area contributed by atoms with Crippen LogP contribution in [0.15, 0.2) is 42.5 Å². The summed E-state index contributed by atoms with van der Waals surface area (Å²) in [4.78, 5) is 18.3. The fraction of sp³-hybridized carbons (Fsp3) is 0.304. The summed E-state index contributed by atoms with van der Waals surface area (Å²) in [5.41, 5.74) is 2.29. The molecule has 0 aliphatic rings. The summed E-state index contributed by atoms with van der Waals surface area (Å²) in [6.07, 6.45) is 0.792. The first-order valence-corrected chi connectivity index (χ1v) is 11.0. The van der Waals surface area contributed by atoms with Gasteiger partial charge in [0.2, 0.25) is 5.95 Å². The Labute approximate surface area is 183 Å². The molecule has 0 aliphatic carbocycles. The summed E-state index contributed by atoms with van der Waals surface area (Å²) in [5, 5.41) is 3.38. The van der Waals surface area contributed by atoms with Gasteiger partial charge in [-0.2, -0.15) is 0 Å². The Bertz CT molecular complexity index is 1220. The van der Waals surface area contributed by atoms with Crippen LogP contribution >= 0.6 is 11.3 Å². The molecule has 31 heavy (non-hydrogen) atoms. The van der Waals surface area contributed by atoms with Gasteiger partial charge in [-0.15, -0.1) is 11.3 Å². The average molecular weight is 442 g/mol. The second kappa shape index (κ2) is 9.55. The van der Waals surface area contributed by atoms with Crippen LogP contribution in [0, 0.1) is 5.82 Å². The number of hydrogen-bond acceptors (Lipinski definition) is 5. The monoisotopic (exact) mass is 441 g/mol. The molecule has 1 amide bonds. The van der Waals surface area contributed by atoms with Crippen LogP contribution in [0.2, 0.25) is 0 Å². The number of para-hydroxylation sites is 2. The van der Waals surface area contributed by atoms with Crippen LogP contribution in [-0.4, -0.2) is 35.8 Å². The van der Waals surface area contributed by atoms with Gasteiger partial charge in [0, 0.05) is 42.5 Å². The van der Waals surface area contributed by atoms with Crippen LogP contribution in [0.3, 0.4) is 0 Å². The summed E-state index contributed by atoms with van der Waals surface area (Å²) in [7, 11) is 1.53. The zero-order chi connectivity index (χ0) is 21.8. The molecule has 0 atom stereocenters. The number of imidazole rings is 1. The van der Waals surface area contributed by atoms with Crippen molar-refractivity contribution in [3.63, 3.8) is 0 Å². The van der Waals surface area contributed by atoms with Crippen LogP contribution in [0.1, 0.15) is 28.6 Å². The number of carbonyl (C=O) groups excluding carboxylic acids is 1. The summed E-state index contributed by atoms with van der Waals surface area (Å²) in [6, 6.07) is 12.6. The molecule has 8 heteroatoms. The fourth-order valence-electron chi connectivity index (χ4n) is 3.66. The molecule has 0 bridgehead atoms. The number of thiophene rings is 1. The third-order valence-electron chi connectivity index (χ3n) is 5.01. The minimum absolute atomic E-state index is 0.147. The lowest BCUT2D eigenvalue weighted by Gasteiger charge is -2.10. The van der Waals surface area contributed by atoms with Crippen molar-refractivity contribution in [3.8, 4) is 0 Å². The fourth-order valence-corrected chi connectivity index (χ4v) is 4.77. The topological polar surface area (TPSA) is 65.4 Å². The van der Waals surface area contributed by atoms with Crippen LogP contribution < -0.4 is 5.32 Å². The Morgan fingerprint density at radius 3 is 2.87 bits per heavy atom. The second-order valence-corrected chi connectivity index (χ2v) is 8.09. The lowest BCUT2D eigenvalue weighted by molar-refractivity contribution is 0.102. The molecule has 0 aliphatic heterocycles. The highest BCUT2D eigenvalue weighted by Gasteiger charge is 2.22. The molecular weight excluding hydrogens is 417 g/mol. The van der Waals surface area contributed by atoms with E-state index in [0.717, 1.165) is 17.5 Å². The third-order valence-corrected chi connectivity index (χ3v) is 6.21. The molecule has 0 saturated heterocycles. The molecule has 0 fully saturated rings. The number of hydrogen-bond donors (Lipinski definition) is 1. The highest BCUT2D eigenvalue weighted by Crippen LogP contribution is 2.34. The molecule has 6 nitrogen and oxygen atoms in total. The van der Waals surface area contributed by atoms with Crippen molar-refractivity contribution in [2.45, 2.75) is 26.5 Å².